The van der Waals surface area contributed by atoms with E-state index in [9.17, 15) is 4.79 Å². The van der Waals surface area contributed by atoms with Gasteiger partial charge in [0.25, 0.3) is 5.91 Å². The molecule has 3 heterocycles. The van der Waals surface area contributed by atoms with Crippen LogP contribution in [0.15, 0.2) is 67.0 Å². The van der Waals surface area contributed by atoms with Gasteiger partial charge in [0.2, 0.25) is 0 Å². The normalized spacial score (nSPS) is 17.1. The number of aromatic nitrogens is 5. The number of nitrogens with zero attached hydrogens (tertiary/aromatic N) is 5. The second kappa shape index (κ2) is 9.61. The molecule has 0 aliphatic heterocycles. The third-order valence-electron chi connectivity index (χ3n) is 5.77. The van der Waals surface area contributed by atoms with Crippen molar-refractivity contribution in [2.75, 3.05) is 6.61 Å². The fourth-order valence-corrected chi connectivity index (χ4v) is 4.25. The van der Waals surface area contributed by atoms with Gasteiger partial charge in [0.1, 0.15) is 23.0 Å². The summed E-state index contributed by atoms with van der Waals surface area (Å²) in [6.07, 6.45) is 4.81. The van der Waals surface area contributed by atoms with Gasteiger partial charge >= 0.3 is 0 Å². The Morgan fingerprint density at radius 1 is 1.12 bits per heavy atom. The highest BCUT2D eigenvalue weighted by Crippen LogP contribution is 2.38. The summed E-state index contributed by atoms with van der Waals surface area (Å²) in [5, 5.41) is 12.7. The van der Waals surface area contributed by atoms with Crippen LogP contribution in [0.3, 0.4) is 0 Å². The van der Waals surface area contributed by atoms with Crippen LogP contribution in [-0.2, 0) is 0 Å². The minimum Gasteiger partial charge on any atom is -0.492 e. The summed E-state index contributed by atoms with van der Waals surface area (Å²) < 4.78 is 7.51. The molecule has 1 fully saturated rings. The summed E-state index contributed by atoms with van der Waals surface area (Å²) in [5.41, 5.74) is 1.96. The Labute approximate surface area is 202 Å². The lowest BCUT2D eigenvalue weighted by Gasteiger charge is -2.35. The molecule has 1 saturated carbocycles. The number of hydrogen-bond acceptors (Lipinski definition) is 6. The van der Waals surface area contributed by atoms with Crippen molar-refractivity contribution in [1.82, 2.24) is 30.0 Å². The molecule has 0 saturated heterocycles. The van der Waals surface area contributed by atoms with Gasteiger partial charge in [-0.2, -0.15) is 0 Å². The number of hydrogen-bond donors (Lipinski definition) is 1. The first kappa shape index (κ1) is 22.0. The lowest BCUT2D eigenvalue weighted by molar-refractivity contribution is 0.0902. The van der Waals surface area contributed by atoms with Crippen LogP contribution < -0.4 is 10.1 Å². The lowest BCUT2D eigenvalue weighted by atomic mass is 9.79. The standard InChI is InChI=1S/C25H23ClN6O2/c1-2-34-20-9-10-21(28-15-20)24-31-30-23(32(24)19-7-5-6-17(26)14-19)16-12-18(13-16)29-25(33)22-8-3-4-11-27-22/h3-11,14-16,18H,2,12-13H2,1H3,(H,29,33). The third-order valence-corrected chi connectivity index (χ3v) is 6.00. The molecule has 172 valence electrons. The predicted octanol–water partition coefficient (Wildman–Crippen LogP) is 4.45. The van der Waals surface area contributed by atoms with Crippen LogP contribution in [0.2, 0.25) is 5.02 Å². The molecule has 1 aromatic carbocycles. The summed E-state index contributed by atoms with van der Waals surface area (Å²) in [4.78, 5) is 21.1. The van der Waals surface area contributed by atoms with Crippen LogP contribution in [0.5, 0.6) is 5.75 Å². The van der Waals surface area contributed by atoms with Crippen molar-refractivity contribution in [2.24, 2.45) is 0 Å². The summed E-state index contributed by atoms with van der Waals surface area (Å²) in [5.74, 6) is 2.11. The van der Waals surface area contributed by atoms with Gasteiger partial charge in [0.05, 0.1) is 18.5 Å². The molecule has 5 rings (SSSR count). The Morgan fingerprint density at radius 3 is 2.71 bits per heavy atom. The lowest BCUT2D eigenvalue weighted by Crippen LogP contribution is -2.44. The van der Waals surface area contributed by atoms with Crippen molar-refractivity contribution < 1.29 is 9.53 Å². The van der Waals surface area contributed by atoms with Crippen LogP contribution >= 0.6 is 11.6 Å². The number of pyridine rings is 2. The number of carbonyl (C=O) groups excluding carboxylic acids is 1. The number of nitrogens with one attached hydrogen (secondary N) is 1. The highest BCUT2D eigenvalue weighted by Gasteiger charge is 2.36. The highest BCUT2D eigenvalue weighted by molar-refractivity contribution is 6.30. The number of halogens is 1. The molecule has 0 unspecified atom stereocenters. The summed E-state index contributed by atoms with van der Waals surface area (Å²) in [6.45, 7) is 2.50. The van der Waals surface area contributed by atoms with Crippen LogP contribution in [0.4, 0.5) is 0 Å². The van der Waals surface area contributed by atoms with Gasteiger partial charge in [-0.25, -0.2) is 4.98 Å². The van der Waals surface area contributed by atoms with E-state index in [1.165, 1.54) is 0 Å². The molecule has 8 nitrogen and oxygen atoms in total. The topological polar surface area (TPSA) is 94.8 Å². The molecule has 3 aromatic heterocycles. The van der Waals surface area contributed by atoms with Gasteiger partial charge in [-0.15, -0.1) is 10.2 Å². The van der Waals surface area contributed by atoms with Gasteiger partial charge < -0.3 is 10.1 Å². The Morgan fingerprint density at radius 2 is 2.00 bits per heavy atom. The molecule has 1 aliphatic rings. The number of amides is 1. The zero-order valence-electron chi connectivity index (χ0n) is 18.6. The molecule has 1 amide bonds. The van der Waals surface area contributed by atoms with E-state index in [0.29, 0.717) is 34.6 Å². The Balaban J connectivity index is 1.40. The molecule has 4 aromatic rings. The maximum absolute atomic E-state index is 12.4. The average Bonchev–Trinajstić information content (AvgIpc) is 3.27. The SMILES string of the molecule is CCOc1ccc(-c2nnc(C3CC(NC(=O)c4ccccn4)C3)n2-c2cccc(Cl)c2)nc1. The zero-order chi connectivity index (χ0) is 23.5. The second-order valence-corrected chi connectivity index (χ2v) is 8.50. The van der Waals surface area contributed by atoms with E-state index in [4.69, 9.17) is 16.3 Å². The second-order valence-electron chi connectivity index (χ2n) is 8.06. The van der Waals surface area contributed by atoms with Crippen molar-refractivity contribution in [3.63, 3.8) is 0 Å². The van der Waals surface area contributed by atoms with Gasteiger partial charge in [-0.1, -0.05) is 23.7 Å². The fraction of sp³-hybridized carbons (Fsp3) is 0.240. The molecular formula is C25H23ClN6O2. The van der Waals surface area contributed by atoms with Gasteiger partial charge in [0, 0.05) is 23.2 Å². The first-order valence-corrected chi connectivity index (χ1v) is 11.5. The molecule has 0 atom stereocenters. The number of ether oxygens (including phenoxy) is 1. The van der Waals surface area contributed by atoms with E-state index in [0.717, 1.165) is 24.4 Å². The first-order valence-electron chi connectivity index (χ1n) is 11.1. The molecule has 1 aliphatic carbocycles. The van der Waals surface area contributed by atoms with E-state index < -0.39 is 0 Å². The van der Waals surface area contributed by atoms with E-state index in [2.05, 4.69) is 25.5 Å². The predicted molar refractivity (Wildman–Crippen MR) is 128 cm³/mol. The van der Waals surface area contributed by atoms with Crippen LogP contribution in [-0.4, -0.2) is 43.3 Å². The number of rotatable bonds is 7. The van der Waals surface area contributed by atoms with E-state index in [-0.39, 0.29) is 17.9 Å². The Kier molecular flexibility index (Phi) is 6.22. The molecule has 0 bridgehead atoms. The van der Waals surface area contributed by atoms with Crippen molar-refractivity contribution in [2.45, 2.75) is 31.7 Å². The minimum absolute atomic E-state index is 0.0519. The smallest absolute Gasteiger partial charge is 0.270 e. The monoisotopic (exact) mass is 474 g/mol. The maximum atomic E-state index is 12.4. The van der Waals surface area contributed by atoms with Crippen molar-refractivity contribution in [1.29, 1.82) is 0 Å². The van der Waals surface area contributed by atoms with Gasteiger partial charge in [-0.3, -0.25) is 14.3 Å². The van der Waals surface area contributed by atoms with Crippen LogP contribution in [0.1, 0.15) is 42.0 Å². The molecular weight excluding hydrogens is 452 g/mol. The summed E-state index contributed by atoms with van der Waals surface area (Å²) in [7, 11) is 0. The zero-order valence-corrected chi connectivity index (χ0v) is 19.3. The number of benzene rings is 1. The molecule has 9 heteroatoms. The fourth-order valence-electron chi connectivity index (χ4n) is 4.06. The van der Waals surface area contributed by atoms with E-state index in [1.807, 2.05) is 47.9 Å². The Hall–Kier alpha value is -3.78. The summed E-state index contributed by atoms with van der Waals surface area (Å²) in [6, 6.07) is 16.7. The minimum atomic E-state index is -0.167. The molecule has 0 radical (unpaired) electrons. The molecule has 0 spiro atoms. The average molecular weight is 475 g/mol. The van der Waals surface area contributed by atoms with E-state index in [1.54, 1.807) is 30.6 Å². The Bertz CT molecular complexity index is 1290. The van der Waals surface area contributed by atoms with Crippen LogP contribution in [0.25, 0.3) is 17.2 Å². The number of carbonyl (C=O) groups is 1. The quantitative estimate of drug-likeness (QED) is 0.425. The van der Waals surface area contributed by atoms with Crippen molar-refractivity contribution in [3.05, 3.63) is 83.5 Å². The third kappa shape index (κ3) is 4.49. The summed E-state index contributed by atoms with van der Waals surface area (Å²) >= 11 is 6.29. The molecule has 1 N–H and O–H groups in total. The largest absolute Gasteiger partial charge is 0.492 e. The van der Waals surface area contributed by atoms with Gasteiger partial charge in [-0.05, 0) is 62.2 Å². The molecule has 34 heavy (non-hydrogen) atoms. The van der Waals surface area contributed by atoms with Gasteiger partial charge in [0.15, 0.2) is 5.82 Å². The van der Waals surface area contributed by atoms with Crippen LogP contribution in [0, 0.1) is 0 Å². The van der Waals surface area contributed by atoms with Crippen molar-refractivity contribution >= 4 is 17.5 Å². The van der Waals surface area contributed by atoms with Crippen molar-refractivity contribution in [3.8, 4) is 23.0 Å². The first-order chi connectivity index (χ1) is 16.6. The van der Waals surface area contributed by atoms with E-state index >= 15 is 0 Å². The highest BCUT2D eigenvalue weighted by atomic mass is 35.5. The maximum Gasteiger partial charge on any atom is 0.270 e.